The van der Waals surface area contributed by atoms with E-state index in [1.807, 2.05) is 35.7 Å². The third kappa shape index (κ3) is 2.61. The molecule has 0 atom stereocenters. The van der Waals surface area contributed by atoms with Gasteiger partial charge in [0.05, 0.1) is 6.42 Å². The number of fused-ring (bicyclic) bond motifs is 1. The van der Waals surface area contributed by atoms with Crippen molar-refractivity contribution in [3.63, 3.8) is 0 Å². The maximum absolute atomic E-state index is 12.0. The van der Waals surface area contributed by atoms with Crippen LogP contribution in [0, 0.1) is 0 Å². The van der Waals surface area contributed by atoms with Crippen LogP contribution < -0.4 is 5.32 Å². The minimum atomic E-state index is -0.0758. The molecule has 0 radical (unpaired) electrons. The zero-order chi connectivity index (χ0) is 13.1. The summed E-state index contributed by atoms with van der Waals surface area (Å²) >= 11 is 1.57. The molecule has 0 fully saturated rings. The van der Waals surface area contributed by atoms with Crippen LogP contribution in [0.3, 0.4) is 0 Å². The van der Waals surface area contributed by atoms with Crippen molar-refractivity contribution in [3.8, 4) is 0 Å². The van der Waals surface area contributed by atoms with E-state index in [9.17, 15) is 4.79 Å². The zero-order valence-corrected chi connectivity index (χ0v) is 10.9. The van der Waals surface area contributed by atoms with E-state index in [0.29, 0.717) is 17.8 Å². The lowest BCUT2D eigenvalue weighted by atomic mass is 10.2. The number of hydrogen-bond acceptors (Lipinski definition) is 4. The first-order valence-electron chi connectivity index (χ1n) is 5.85. The summed E-state index contributed by atoms with van der Waals surface area (Å²) in [6.45, 7) is 0. The maximum Gasteiger partial charge on any atom is 0.230 e. The molecule has 0 saturated carbocycles. The normalized spacial score (nSPS) is 10.5. The summed E-state index contributed by atoms with van der Waals surface area (Å²) in [5.41, 5.74) is 0.713. The fourth-order valence-corrected chi connectivity index (χ4v) is 2.55. The van der Waals surface area contributed by atoms with Crippen LogP contribution >= 0.6 is 11.3 Å². The summed E-state index contributed by atoms with van der Waals surface area (Å²) in [6.07, 6.45) is 3.73. The lowest BCUT2D eigenvalue weighted by Gasteiger charge is -2.06. The van der Waals surface area contributed by atoms with Gasteiger partial charge in [0, 0.05) is 22.7 Å². The van der Waals surface area contributed by atoms with Crippen molar-refractivity contribution in [2.24, 2.45) is 0 Å². The molecule has 3 aromatic rings. The van der Waals surface area contributed by atoms with Crippen LogP contribution in [0.4, 0.5) is 5.82 Å². The van der Waals surface area contributed by atoms with Crippen LogP contribution in [0.15, 0.2) is 48.1 Å². The Morgan fingerprint density at radius 3 is 2.95 bits per heavy atom. The van der Waals surface area contributed by atoms with Crippen molar-refractivity contribution in [2.45, 2.75) is 6.42 Å². The molecular formula is C14H11N3OS. The molecular weight excluding hydrogens is 258 g/mol. The summed E-state index contributed by atoms with van der Waals surface area (Å²) in [6, 6.07) is 9.56. The highest BCUT2D eigenvalue weighted by Crippen LogP contribution is 2.18. The molecule has 3 heterocycles. The van der Waals surface area contributed by atoms with E-state index in [4.69, 9.17) is 0 Å². The van der Waals surface area contributed by atoms with Gasteiger partial charge in [0.2, 0.25) is 5.91 Å². The van der Waals surface area contributed by atoms with Gasteiger partial charge < -0.3 is 5.32 Å². The number of nitrogens with one attached hydrogen (secondary N) is 1. The van der Waals surface area contributed by atoms with Crippen LogP contribution in [0.1, 0.15) is 4.88 Å². The molecule has 3 aromatic heterocycles. The summed E-state index contributed by atoms with van der Waals surface area (Å²) in [5.74, 6) is 0.438. The van der Waals surface area contributed by atoms with E-state index in [2.05, 4.69) is 15.3 Å². The van der Waals surface area contributed by atoms with Crippen LogP contribution in [0.5, 0.6) is 0 Å². The van der Waals surface area contributed by atoms with Crippen molar-refractivity contribution < 1.29 is 4.79 Å². The Labute approximate surface area is 114 Å². The molecule has 4 nitrogen and oxygen atoms in total. The Morgan fingerprint density at radius 2 is 2.11 bits per heavy atom. The largest absolute Gasteiger partial charge is 0.309 e. The highest BCUT2D eigenvalue weighted by molar-refractivity contribution is 7.10. The van der Waals surface area contributed by atoms with Gasteiger partial charge in [-0.3, -0.25) is 9.78 Å². The van der Waals surface area contributed by atoms with E-state index in [1.54, 1.807) is 23.7 Å². The van der Waals surface area contributed by atoms with Crippen molar-refractivity contribution in [1.29, 1.82) is 0 Å². The van der Waals surface area contributed by atoms with E-state index in [-0.39, 0.29) is 5.91 Å². The Bertz CT molecular complexity index is 704. The molecule has 19 heavy (non-hydrogen) atoms. The second-order valence-electron chi connectivity index (χ2n) is 4.04. The summed E-state index contributed by atoms with van der Waals surface area (Å²) in [4.78, 5) is 21.4. The molecule has 94 valence electrons. The molecule has 1 amide bonds. The standard InChI is InChI=1S/C14H11N3OS/c18-12(9-11-4-2-8-19-11)17-14-13-10(5-7-16-14)3-1-6-15-13/h1-8H,9H2,(H,16,17,18). The Morgan fingerprint density at radius 1 is 1.16 bits per heavy atom. The second kappa shape index (κ2) is 5.16. The monoisotopic (exact) mass is 269 g/mol. The Balaban J connectivity index is 1.83. The number of carbonyl (C=O) groups excluding carboxylic acids is 1. The van der Waals surface area contributed by atoms with Gasteiger partial charge in [-0.05, 0) is 23.6 Å². The van der Waals surface area contributed by atoms with Crippen molar-refractivity contribution >= 4 is 34.0 Å². The molecule has 0 unspecified atom stereocenters. The topological polar surface area (TPSA) is 54.9 Å². The van der Waals surface area contributed by atoms with E-state index < -0.39 is 0 Å². The Hall–Kier alpha value is -2.27. The number of aromatic nitrogens is 2. The Kier molecular flexibility index (Phi) is 3.20. The molecule has 0 bridgehead atoms. The predicted molar refractivity (Wildman–Crippen MR) is 76.2 cm³/mol. The smallest absolute Gasteiger partial charge is 0.230 e. The van der Waals surface area contributed by atoms with Gasteiger partial charge in [0.25, 0.3) is 0 Å². The number of nitrogens with zero attached hydrogens (tertiary/aromatic N) is 2. The van der Waals surface area contributed by atoms with Gasteiger partial charge in [0.15, 0.2) is 5.82 Å². The number of thiophene rings is 1. The fourth-order valence-electron chi connectivity index (χ4n) is 1.84. The lowest BCUT2D eigenvalue weighted by molar-refractivity contribution is -0.115. The predicted octanol–water partition coefficient (Wildman–Crippen LogP) is 2.87. The third-order valence-electron chi connectivity index (χ3n) is 2.69. The number of hydrogen-bond donors (Lipinski definition) is 1. The van der Waals surface area contributed by atoms with Gasteiger partial charge in [-0.15, -0.1) is 11.3 Å². The van der Waals surface area contributed by atoms with E-state index in [0.717, 1.165) is 10.3 Å². The minimum Gasteiger partial charge on any atom is -0.309 e. The number of pyridine rings is 2. The minimum absolute atomic E-state index is 0.0758. The quantitative estimate of drug-likeness (QED) is 0.795. The average molecular weight is 269 g/mol. The molecule has 0 aliphatic heterocycles. The average Bonchev–Trinajstić information content (AvgIpc) is 2.92. The van der Waals surface area contributed by atoms with Gasteiger partial charge in [-0.25, -0.2) is 4.98 Å². The third-order valence-corrected chi connectivity index (χ3v) is 3.57. The molecule has 0 aliphatic carbocycles. The zero-order valence-electron chi connectivity index (χ0n) is 10.0. The molecule has 0 aliphatic rings. The molecule has 3 rings (SSSR count). The summed E-state index contributed by atoms with van der Waals surface area (Å²) < 4.78 is 0. The van der Waals surface area contributed by atoms with E-state index >= 15 is 0 Å². The summed E-state index contributed by atoms with van der Waals surface area (Å²) in [7, 11) is 0. The molecule has 0 aromatic carbocycles. The lowest BCUT2D eigenvalue weighted by Crippen LogP contribution is -2.15. The molecule has 5 heteroatoms. The first-order valence-corrected chi connectivity index (χ1v) is 6.73. The summed E-state index contributed by atoms with van der Waals surface area (Å²) in [5, 5.41) is 5.74. The number of anilines is 1. The maximum atomic E-state index is 12.0. The van der Waals surface area contributed by atoms with Crippen molar-refractivity contribution in [3.05, 3.63) is 53.0 Å². The van der Waals surface area contributed by atoms with Crippen LogP contribution in [0.2, 0.25) is 0 Å². The first-order chi connectivity index (χ1) is 9.33. The molecule has 1 N–H and O–H groups in total. The van der Waals surface area contributed by atoms with Gasteiger partial charge in [0.1, 0.15) is 5.52 Å². The van der Waals surface area contributed by atoms with Gasteiger partial charge in [-0.2, -0.15) is 0 Å². The number of carbonyl (C=O) groups is 1. The van der Waals surface area contributed by atoms with Crippen LogP contribution in [-0.2, 0) is 11.2 Å². The first kappa shape index (κ1) is 11.8. The van der Waals surface area contributed by atoms with Crippen LogP contribution in [-0.4, -0.2) is 15.9 Å². The van der Waals surface area contributed by atoms with Crippen molar-refractivity contribution in [1.82, 2.24) is 9.97 Å². The number of rotatable bonds is 3. The molecule has 0 spiro atoms. The van der Waals surface area contributed by atoms with Gasteiger partial charge >= 0.3 is 0 Å². The SMILES string of the molecule is O=C(Cc1cccs1)Nc1nccc2cccnc12. The van der Waals surface area contributed by atoms with Gasteiger partial charge in [-0.1, -0.05) is 12.1 Å². The highest BCUT2D eigenvalue weighted by atomic mass is 32.1. The van der Waals surface area contributed by atoms with Crippen molar-refractivity contribution in [2.75, 3.05) is 5.32 Å². The highest BCUT2D eigenvalue weighted by Gasteiger charge is 2.09. The molecule has 0 saturated heterocycles. The fraction of sp³-hybridized carbons (Fsp3) is 0.0714. The van der Waals surface area contributed by atoms with Crippen LogP contribution in [0.25, 0.3) is 10.9 Å². The van der Waals surface area contributed by atoms with E-state index in [1.165, 1.54) is 0 Å². The number of amides is 1. The second-order valence-corrected chi connectivity index (χ2v) is 5.07.